The third kappa shape index (κ3) is 2.71. The van der Waals surface area contributed by atoms with Crippen LogP contribution in [0.25, 0.3) is 0 Å². The predicted molar refractivity (Wildman–Crippen MR) is 74.7 cm³/mol. The zero-order chi connectivity index (χ0) is 14.2. The number of sulfonamides is 1. The number of nitrogens with two attached hydrogens (primary N) is 1. The molecule has 0 atom stereocenters. The van der Waals surface area contributed by atoms with Crippen LogP contribution in [0.2, 0.25) is 0 Å². The van der Waals surface area contributed by atoms with Gasteiger partial charge in [-0.2, -0.15) is 5.10 Å². The number of aromatic nitrogens is 3. The first kappa shape index (κ1) is 13.8. The summed E-state index contributed by atoms with van der Waals surface area (Å²) in [7, 11) is -3.68. The molecule has 0 unspecified atom stereocenters. The molecule has 0 aliphatic carbocycles. The highest BCUT2D eigenvalue weighted by molar-refractivity contribution is 7.94. The van der Waals surface area contributed by atoms with E-state index in [1.54, 1.807) is 23.9 Å². The van der Waals surface area contributed by atoms with Crippen LogP contribution in [-0.4, -0.2) is 23.2 Å². The summed E-state index contributed by atoms with van der Waals surface area (Å²) in [5.41, 5.74) is 5.92. The molecule has 0 fully saturated rings. The van der Waals surface area contributed by atoms with E-state index >= 15 is 0 Å². The van der Waals surface area contributed by atoms with Crippen molar-refractivity contribution in [2.24, 2.45) is 0 Å². The number of thiazole rings is 1. The fraction of sp³-hybridized carbons (Fsp3) is 0.400. The average molecular weight is 301 g/mol. The van der Waals surface area contributed by atoms with Crippen LogP contribution in [0.15, 0.2) is 16.5 Å². The summed E-state index contributed by atoms with van der Waals surface area (Å²) in [5, 5.41) is 4.31. The Morgan fingerprint density at radius 3 is 2.68 bits per heavy atom. The van der Waals surface area contributed by atoms with Crippen molar-refractivity contribution in [3.8, 4) is 0 Å². The number of nitrogens with zero attached hydrogens (tertiary/aromatic N) is 3. The van der Waals surface area contributed by atoms with Crippen LogP contribution in [0.4, 0.5) is 10.9 Å². The molecule has 3 N–H and O–H groups in total. The van der Waals surface area contributed by atoms with Crippen molar-refractivity contribution >= 4 is 32.3 Å². The Balaban J connectivity index is 2.37. The van der Waals surface area contributed by atoms with Crippen molar-refractivity contribution in [2.45, 2.75) is 31.0 Å². The predicted octanol–water partition coefficient (Wildman–Crippen LogP) is 1.61. The molecule has 0 spiro atoms. The van der Waals surface area contributed by atoms with Crippen LogP contribution < -0.4 is 10.5 Å². The highest BCUT2D eigenvalue weighted by Gasteiger charge is 2.23. The number of hydrogen-bond acceptors (Lipinski definition) is 6. The molecule has 19 heavy (non-hydrogen) atoms. The van der Waals surface area contributed by atoms with Gasteiger partial charge in [0, 0.05) is 12.1 Å². The number of aryl methyl sites for hydroxylation is 1. The van der Waals surface area contributed by atoms with E-state index in [1.807, 2.05) is 13.8 Å². The SMILES string of the molecule is Cc1nc(N)sc1S(=O)(=O)Nc1ccnn1C(C)C. The maximum absolute atomic E-state index is 12.3. The Bertz CT molecular complexity index is 687. The van der Waals surface area contributed by atoms with E-state index in [-0.39, 0.29) is 15.4 Å². The molecule has 2 aromatic rings. The van der Waals surface area contributed by atoms with Crippen LogP contribution in [0, 0.1) is 6.92 Å². The Morgan fingerprint density at radius 2 is 2.16 bits per heavy atom. The van der Waals surface area contributed by atoms with Crippen molar-refractivity contribution in [1.29, 1.82) is 0 Å². The second-order valence-electron chi connectivity index (χ2n) is 4.29. The summed E-state index contributed by atoms with van der Waals surface area (Å²) in [6.07, 6.45) is 1.55. The number of anilines is 2. The van der Waals surface area contributed by atoms with Crippen LogP contribution in [0.3, 0.4) is 0 Å². The molecule has 0 radical (unpaired) electrons. The molecule has 2 heterocycles. The van der Waals surface area contributed by atoms with Crippen LogP contribution in [0.5, 0.6) is 0 Å². The minimum absolute atomic E-state index is 0.0559. The molecule has 104 valence electrons. The maximum atomic E-state index is 12.3. The summed E-state index contributed by atoms with van der Waals surface area (Å²) in [4.78, 5) is 3.92. The second-order valence-corrected chi connectivity index (χ2v) is 7.19. The van der Waals surface area contributed by atoms with Gasteiger partial charge in [-0.3, -0.25) is 4.72 Å². The highest BCUT2D eigenvalue weighted by atomic mass is 32.2. The van der Waals surface area contributed by atoms with Gasteiger partial charge in [0.2, 0.25) is 0 Å². The fourth-order valence-electron chi connectivity index (χ4n) is 1.64. The fourth-order valence-corrected chi connectivity index (χ4v) is 3.99. The molecule has 0 aliphatic rings. The van der Waals surface area contributed by atoms with E-state index in [0.717, 1.165) is 11.3 Å². The lowest BCUT2D eigenvalue weighted by atomic mass is 10.4. The molecule has 7 nitrogen and oxygen atoms in total. The molecule has 0 amide bonds. The first-order valence-electron chi connectivity index (χ1n) is 5.60. The summed E-state index contributed by atoms with van der Waals surface area (Å²) in [5.74, 6) is 0.418. The lowest BCUT2D eigenvalue weighted by molar-refractivity contribution is 0.539. The lowest BCUT2D eigenvalue weighted by Crippen LogP contribution is -2.17. The average Bonchev–Trinajstić information content (AvgIpc) is 2.84. The van der Waals surface area contributed by atoms with Gasteiger partial charge in [0.15, 0.2) is 9.34 Å². The summed E-state index contributed by atoms with van der Waals surface area (Å²) in [6.45, 7) is 5.45. The summed E-state index contributed by atoms with van der Waals surface area (Å²) >= 11 is 0.944. The number of nitrogen functional groups attached to an aromatic ring is 1. The third-order valence-electron chi connectivity index (χ3n) is 2.41. The molecule has 0 aliphatic heterocycles. The van der Waals surface area contributed by atoms with Crippen LogP contribution >= 0.6 is 11.3 Å². The van der Waals surface area contributed by atoms with Gasteiger partial charge in [0.1, 0.15) is 5.82 Å². The molecule has 0 saturated heterocycles. The quantitative estimate of drug-likeness (QED) is 0.893. The number of hydrogen-bond donors (Lipinski definition) is 2. The van der Waals surface area contributed by atoms with Gasteiger partial charge in [-0.1, -0.05) is 11.3 Å². The van der Waals surface area contributed by atoms with E-state index < -0.39 is 10.0 Å². The molecule has 2 aromatic heterocycles. The summed E-state index contributed by atoms with van der Waals surface area (Å²) in [6, 6.07) is 1.66. The minimum atomic E-state index is -3.68. The third-order valence-corrected chi connectivity index (χ3v) is 5.36. The molecule has 9 heteroatoms. The monoisotopic (exact) mass is 301 g/mol. The van der Waals surface area contributed by atoms with Crippen molar-refractivity contribution in [3.63, 3.8) is 0 Å². The standard InChI is InChI=1S/C10H15N5O2S2/c1-6(2)15-8(4-5-12-15)14-19(16,17)9-7(3)13-10(11)18-9/h4-6,14H,1-3H3,(H2,11,13). The van der Waals surface area contributed by atoms with Crippen LogP contribution in [-0.2, 0) is 10.0 Å². The Labute approximate surface area is 115 Å². The maximum Gasteiger partial charge on any atom is 0.274 e. The molecule has 0 saturated carbocycles. The van der Waals surface area contributed by atoms with Gasteiger partial charge in [-0.05, 0) is 20.8 Å². The zero-order valence-electron chi connectivity index (χ0n) is 10.8. The van der Waals surface area contributed by atoms with Crippen molar-refractivity contribution < 1.29 is 8.42 Å². The minimum Gasteiger partial charge on any atom is -0.375 e. The zero-order valence-corrected chi connectivity index (χ0v) is 12.4. The van der Waals surface area contributed by atoms with E-state index in [0.29, 0.717) is 11.5 Å². The largest absolute Gasteiger partial charge is 0.375 e. The Kier molecular flexibility index (Phi) is 3.50. The van der Waals surface area contributed by atoms with E-state index in [2.05, 4.69) is 14.8 Å². The van der Waals surface area contributed by atoms with E-state index in [4.69, 9.17) is 5.73 Å². The first-order chi connectivity index (χ1) is 8.81. The summed E-state index contributed by atoms with van der Waals surface area (Å²) < 4.78 is 28.8. The van der Waals surface area contributed by atoms with Crippen LogP contribution in [0.1, 0.15) is 25.6 Å². The van der Waals surface area contributed by atoms with Crippen molar-refractivity contribution in [3.05, 3.63) is 18.0 Å². The Morgan fingerprint density at radius 1 is 1.47 bits per heavy atom. The topological polar surface area (TPSA) is 103 Å². The van der Waals surface area contributed by atoms with E-state index in [1.165, 1.54) is 0 Å². The molecule has 0 aromatic carbocycles. The highest BCUT2D eigenvalue weighted by Crippen LogP contribution is 2.27. The lowest BCUT2D eigenvalue weighted by Gasteiger charge is -2.12. The molecular formula is C10H15N5O2S2. The second kappa shape index (κ2) is 4.82. The first-order valence-corrected chi connectivity index (χ1v) is 7.90. The molecular weight excluding hydrogens is 286 g/mol. The number of nitrogens with one attached hydrogen (secondary N) is 1. The normalized spacial score (nSPS) is 12.0. The van der Waals surface area contributed by atoms with Gasteiger partial charge in [-0.15, -0.1) is 0 Å². The smallest absolute Gasteiger partial charge is 0.274 e. The van der Waals surface area contributed by atoms with Gasteiger partial charge in [0.25, 0.3) is 10.0 Å². The van der Waals surface area contributed by atoms with Gasteiger partial charge in [-0.25, -0.2) is 18.1 Å². The molecule has 0 bridgehead atoms. The van der Waals surface area contributed by atoms with Gasteiger partial charge in [0.05, 0.1) is 11.9 Å². The Hall–Kier alpha value is -1.61. The number of rotatable bonds is 4. The van der Waals surface area contributed by atoms with Crippen molar-refractivity contribution in [2.75, 3.05) is 10.5 Å². The van der Waals surface area contributed by atoms with Gasteiger partial charge < -0.3 is 5.73 Å². The van der Waals surface area contributed by atoms with E-state index in [9.17, 15) is 8.42 Å². The van der Waals surface area contributed by atoms with Gasteiger partial charge >= 0.3 is 0 Å². The molecule has 2 rings (SSSR count). The van der Waals surface area contributed by atoms with Crippen molar-refractivity contribution in [1.82, 2.24) is 14.8 Å².